The van der Waals surface area contributed by atoms with Crippen LogP contribution in [0.2, 0.25) is 0 Å². The quantitative estimate of drug-likeness (QED) is 0.854. The van der Waals surface area contributed by atoms with Crippen LogP contribution in [0.4, 0.5) is 5.69 Å². The van der Waals surface area contributed by atoms with Gasteiger partial charge in [0.05, 0.1) is 25.3 Å². The predicted octanol–water partition coefficient (Wildman–Crippen LogP) is 3.62. The number of nitriles is 1. The highest BCUT2D eigenvalue weighted by Gasteiger charge is 2.15. The van der Waals surface area contributed by atoms with Crippen molar-refractivity contribution in [2.75, 3.05) is 12.4 Å². The maximum absolute atomic E-state index is 11.5. The van der Waals surface area contributed by atoms with E-state index in [4.69, 9.17) is 9.68 Å². The number of ether oxygens (including phenoxy) is 1. The Hall–Kier alpha value is -2.26. The minimum atomic E-state index is -0.415. The fourth-order valence-corrected chi connectivity index (χ4v) is 2.37. The fourth-order valence-electron chi connectivity index (χ4n) is 1.85. The second kappa shape index (κ2) is 6.46. The third-order valence-electron chi connectivity index (χ3n) is 2.93. The summed E-state index contributed by atoms with van der Waals surface area (Å²) in [5, 5.41) is 12.0. The van der Waals surface area contributed by atoms with Crippen molar-refractivity contribution >= 4 is 27.6 Å². The van der Waals surface area contributed by atoms with Crippen molar-refractivity contribution in [3.63, 3.8) is 0 Å². The van der Waals surface area contributed by atoms with Gasteiger partial charge in [0.1, 0.15) is 17.1 Å². The molecule has 1 aromatic carbocycles. The minimum Gasteiger partial charge on any atom is -0.465 e. The van der Waals surface area contributed by atoms with E-state index in [9.17, 15) is 4.79 Å². The average Bonchev–Trinajstić information content (AvgIpc) is 2.86. The normalized spacial score (nSPS) is 10.0. The Morgan fingerprint density at radius 2 is 2.24 bits per heavy atom. The van der Waals surface area contributed by atoms with E-state index >= 15 is 0 Å². The molecule has 0 amide bonds. The van der Waals surface area contributed by atoms with Crippen molar-refractivity contribution in [1.82, 2.24) is 0 Å². The van der Waals surface area contributed by atoms with Gasteiger partial charge in [-0.1, -0.05) is 0 Å². The zero-order valence-electron chi connectivity index (χ0n) is 11.6. The van der Waals surface area contributed by atoms with Crippen LogP contribution in [-0.4, -0.2) is 13.1 Å². The van der Waals surface area contributed by atoms with E-state index in [1.54, 1.807) is 31.2 Å². The Morgan fingerprint density at radius 3 is 2.86 bits per heavy atom. The van der Waals surface area contributed by atoms with Gasteiger partial charge in [0.25, 0.3) is 0 Å². The highest BCUT2D eigenvalue weighted by molar-refractivity contribution is 9.10. The minimum absolute atomic E-state index is 0.415. The first-order valence-corrected chi connectivity index (χ1v) is 6.95. The summed E-state index contributed by atoms with van der Waals surface area (Å²) in [4.78, 5) is 11.5. The molecular weight excluding hydrogens is 336 g/mol. The molecule has 1 N–H and O–H groups in total. The molecule has 1 heterocycles. The van der Waals surface area contributed by atoms with Gasteiger partial charge in [0.2, 0.25) is 0 Å². The Bertz CT molecular complexity index is 716. The van der Waals surface area contributed by atoms with Crippen molar-refractivity contribution in [2.24, 2.45) is 0 Å². The third-order valence-corrected chi connectivity index (χ3v) is 3.58. The molecule has 0 bridgehead atoms. The number of methoxy groups -OCH3 is 1. The summed E-state index contributed by atoms with van der Waals surface area (Å²) in [5.74, 6) is 0.740. The Labute approximate surface area is 130 Å². The standard InChI is InChI=1S/C15H13BrN2O3/c1-9-12(15(19)20-2)6-11(21-9)8-18-14-4-3-10(7-17)5-13(14)16/h3-6,18H,8H2,1-2H3. The van der Waals surface area contributed by atoms with Gasteiger partial charge < -0.3 is 14.5 Å². The van der Waals surface area contributed by atoms with Crippen LogP contribution in [0.1, 0.15) is 27.4 Å². The molecule has 6 heteroatoms. The number of esters is 1. The molecule has 1 aromatic heterocycles. The van der Waals surface area contributed by atoms with Gasteiger partial charge in [0, 0.05) is 10.2 Å². The molecule has 0 saturated carbocycles. The van der Waals surface area contributed by atoms with Crippen LogP contribution < -0.4 is 5.32 Å². The first-order valence-electron chi connectivity index (χ1n) is 6.16. The summed E-state index contributed by atoms with van der Waals surface area (Å²) in [5.41, 5.74) is 1.84. The van der Waals surface area contributed by atoms with E-state index in [1.807, 2.05) is 0 Å². The SMILES string of the molecule is COC(=O)c1cc(CNc2ccc(C#N)cc2Br)oc1C. The molecule has 0 spiro atoms. The molecule has 0 saturated heterocycles. The van der Waals surface area contributed by atoms with Crippen LogP contribution >= 0.6 is 15.9 Å². The number of hydrogen-bond acceptors (Lipinski definition) is 5. The van der Waals surface area contributed by atoms with E-state index in [-0.39, 0.29) is 0 Å². The monoisotopic (exact) mass is 348 g/mol. The van der Waals surface area contributed by atoms with Crippen LogP contribution in [0.25, 0.3) is 0 Å². The van der Waals surface area contributed by atoms with Crippen molar-refractivity contribution in [3.05, 3.63) is 51.4 Å². The van der Waals surface area contributed by atoms with Gasteiger partial charge in [-0.25, -0.2) is 4.79 Å². The third kappa shape index (κ3) is 3.44. The summed E-state index contributed by atoms with van der Waals surface area (Å²) in [7, 11) is 1.33. The van der Waals surface area contributed by atoms with Crippen LogP contribution in [-0.2, 0) is 11.3 Å². The zero-order chi connectivity index (χ0) is 15.4. The number of benzene rings is 1. The van der Waals surface area contributed by atoms with Crippen molar-refractivity contribution in [2.45, 2.75) is 13.5 Å². The van der Waals surface area contributed by atoms with Gasteiger partial charge in [0.15, 0.2) is 0 Å². The molecule has 2 aromatic rings. The summed E-state index contributed by atoms with van der Waals surface area (Å²) in [6.45, 7) is 2.13. The topological polar surface area (TPSA) is 75.3 Å². The zero-order valence-corrected chi connectivity index (χ0v) is 13.2. The van der Waals surface area contributed by atoms with Gasteiger partial charge in [-0.15, -0.1) is 0 Å². The van der Waals surface area contributed by atoms with Gasteiger partial charge in [-0.3, -0.25) is 0 Å². The number of furan rings is 1. The largest absolute Gasteiger partial charge is 0.465 e. The molecule has 0 aliphatic rings. The number of nitrogens with zero attached hydrogens (tertiary/aromatic N) is 1. The van der Waals surface area contributed by atoms with E-state index in [0.29, 0.717) is 29.2 Å². The molecule has 0 atom stereocenters. The molecule has 5 nitrogen and oxygen atoms in total. The lowest BCUT2D eigenvalue weighted by Gasteiger charge is -2.06. The summed E-state index contributed by atoms with van der Waals surface area (Å²) in [6.07, 6.45) is 0. The summed E-state index contributed by atoms with van der Waals surface area (Å²) < 4.78 is 11.0. The first-order chi connectivity index (χ1) is 10.0. The van der Waals surface area contributed by atoms with E-state index in [0.717, 1.165) is 10.2 Å². The van der Waals surface area contributed by atoms with E-state index in [1.165, 1.54) is 7.11 Å². The number of carbonyl (C=O) groups excluding carboxylic acids is 1. The van der Waals surface area contributed by atoms with Crippen molar-refractivity contribution in [3.8, 4) is 6.07 Å². The number of nitrogens with one attached hydrogen (secondary N) is 1. The smallest absolute Gasteiger partial charge is 0.341 e. The molecule has 0 aliphatic heterocycles. The molecule has 0 radical (unpaired) electrons. The maximum atomic E-state index is 11.5. The molecule has 0 aliphatic carbocycles. The Morgan fingerprint density at radius 1 is 1.48 bits per heavy atom. The number of anilines is 1. The summed E-state index contributed by atoms with van der Waals surface area (Å²) in [6, 6.07) is 8.99. The fraction of sp³-hybridized carbons (Fsp3) is 0.200. The van der Waals surface area contributed by atoms with Crippen LogP contribution in [0.3, 0.4) is 0 Å². The summed E-state index contributed by atoms with van der Waals surface area (Å²) >= 11 is 3.40. The van der Waals surface area contributed by atoms with Crippen LogP contribution in [0.15, 0.2) is 33.2 Å². The van der Waals surface area contributed by atoms with Gasteiger partial charge in [-0.05, 0) is 47.1 Å². The second-order valence-electron chi connectivity index (χ2n) is 4.33. The molecule has 21 heavy (non-hydrogen) atoms. The Kier molecular flexibility index (Phi) is 4.66. The lowest BCUT2D eigenvalue weighted by molar-refractivity contribution is 0.0599. The highest BCUT2D eigenvalue weighted by atomic mass is 79.9. The van der Waals surface area contributed by atoms with E-state index < -0.39 is 5.97 Å². The van der Waals surface area contributed by atoms with Crippen molar-refractivity contribution < 1.29 is 13.9 Å². The second-order valence-corrected chi connectivity index (χ2v) is 5.19. The first kappa shape index (κ1) is 15.1. The predicted molar refractivity (Wildman–Crippen MR) is 81.0 cm³/mol. The number of carbonyl (C=O) groups is 1. The molecular formula is C15H13BrN2O3. The molecule has 108 valence electrons. The number of hydrogen-bond donors (Lipinski definition) is 1. The highest BCUT2D eigenvalue weighted by Crippen LogP contribution is 2.24. The molecule has 0 unspecified atom stereocenters. The lowest BCUT2D eigenvalue weighted by atomic mass is 10.2. The van der Waals surface area contributed by atoms with E-state index in [2.05, 4.69) is 32.1 Å². The van der Waals surface area contributed by atoms with Gasteiger partial charge >= 0.3 is 5.97 Å². The number of aryl methyl sites for hydroxylation is 1. The number of rotatable bonds is 4. The lowest BCUT2D eigenvalue weighted by Crippen LogP contribution is -2.01. The van der Waals surface area contributed by atoms with Gasteiger partial charge in [-0.2, -0.15) is 5.26 Å². The van der Waals surface area contributed by atoms with Crippen LogP contribution in [0.5, 0.6) is 0 Å². The molecule has 2 rings (SSSR count). The van der Waals surface area contributed by atoms with Crippen LogP contribution in [0, 0.1) is 18.3 Å². The average molecular weight is 349 g/mol. The molecule has 0 fully saturated rings. The van der Waals surface area contributed by atoms with Crippen molar-refractivity contribution in [1.29, 1.82) is 5.26 Å². The Balaban J connectivity index is 2.10. The number of halogens is 1. The maximum Gasteiger partial charge on any atom is 0.341 e.